The largest absolute Gasteiger partial charge is 0.391 e. The molecule has 1 aromatic rings. The number of aliphatic hydroxyl groups is 1. The zero-order chi connectivity index (χ0) is 12.3. The summed E-state index contributed by atoms with van der Waals surface area (Å²) in [6.07, 6.45) is 4.97. The molecule has 1 aliphatic rings. The van der Waals surface area contributed by atoms with Crippen LogP contribution in [0.2, 0.25) is 0 Å². The van der Waals surface area contributed by atoms with Gasteiger partial charge in [-0.25, -0.2) is 0 Å². The molecule has 0 saturated heterocycles. The Morgan fingerprint density at radius 2 is 2.24 bits per heavy atom. The van der Waals surface area contributed by atoms with E-state index in [1.807, 2.05) is 6.92 Å². The summed E-state index contributed by atoms with van der Waals surface area (Å²) in [6, 6.07) is 3.34. The van der Waals surface area contributed by atoms with Crippen molar-refractivity contribution < 1.29 is 9.90 Å². The van der Waals surface area contributed by atoms with Crippen molar-refractivity contribution in [3.63, 3.8) is 0 Å². The van der Waals surface area contributed by atoms with Crippen molar-refractivity contribution in [3.8, 4) is 0 Å². The molecular weight excluding hydrogens is 216 g/mol. The summed E-state index contributed by atoms with van der Waals surface area (Å²) in [6.45, 7) is 1.85. The molecule has 1 heterocycles. The lowest BCUT2D eigenvalue weighted by Gasteiger charge is -2.28. The lowest BCUT2D eigenvalue weighted by atomic mass is 9.92. The first-order chi connectivity index (χ1) is 8.16. The SMILES string of the molecule is Cc1cc(C(=O)N[C@H]2CCCC[C@@H]2O)ccn1. The van der Waals surface area contributed by atoms with Gasteiger partial charge in [0, 0.05) is 17.5 Å². The molecule has 1 fully saturated rings. The summed E-state index contributed by atoms with van der Waals surface area (Å²) in [4.78, 5) is 16.0. The first kappa shape index (κ1) is 12.0. The van der Waals surface area contributed by atoms with Gasteiger partial charge in [0.1, 0.15) is 0 Å². The molecule has 4 heteroatoms. The Labute approximate surface area is 101 Å². The first-order valence-corrected chi connectivity index (χ1v) is 6.08. The highest BCUT2D eigenvalue weighted by Gasteiger charge is 2.24. The highest BCUT2D eigenvalue weighted by molar-refractivity contribution is 5.94. The van der Waals surface area contributed by atoms with Crippen molar-refractivity contribution in [1.82, 2.24) is 10.3 Å². The molecule has 2 atom stereocenters. The van der Waals surface area contributed by atoms with E-state index in [2.05, 4.69) is 10.3 Å². The number of rotatable bonds is 2. The molecule has 0 radical (unpaired) electrons. The highest BCUT2D eigenvalue weighted by atomic mass is 16.3. The number of hydrogen-bond donors (Lipinski definition) is 2. The topological polar surface area (TPSA) is 62.2 Å². The molecule has 2 N–H and O–H groups in total. The van der Waals surface area contributed by atoms with Crippen LogP contribution in [0.4, 0.5) is 0 Å². The molecule has 0 aromatic carbocycles. The van der Waals surface area contributed by atoms with Gasteiger partial charge >= 0.3 is 0 Å². The standard InChI is InChI=1S/C13H18N2O2/c1-9-8-10(6-7-14-9)13(17)15-11-4-2-3-5-12(11)16/h6-8,11-12,16H,2-5H2,1H3,(H,15,17)/t11-,12-/m0/s1. The van der Waals surface area contributed by atoms with E-state index in [1.165, 1.54) is 0 Å². The Balaban J connectivity index is 2.01. The molecule has 92 valence electrons. The van der Waals surface area contributed by atoms with Crippen molar-refractivity contribution in [3.05, 3.63) is 29.6 Å². The van der Waals surface area contributed by atoms with E-state index in [1.54, 1.807) is 18.3 Å². The fraction of sp³-hybridized carbons (Fsp3) is 0.538. The zero-order valence-corrected chi connectivity index (χ0v) is 10.0. The van der Waals surface area contributed by atoms with E-state index in [0.29, 0.717) is 5.56 Å². The van der Waals surface area contributed by atoms with Crippen LogP contribution in [0.15, 0.2) is 18.3 Å². The summed E-state index contributed by atoms with van der Waals surface area (Å²) >= 11 is 0. The molecular formula is C13H18N2O2. The van der Waals surface area contributed by atoms with Crippen LogP contribution < -0.4 is 5.32 Å². The molecule has 4 nitrogen and oxygen atoms in total. The first-order valence-electron chi connectivity index (χ1n) is 6.08. The Kier molecular flexibility index (Phi) is 3.74. The summed E-state index contributed by atoms with van der Waals surface area (Å²) in [5.74, 6) is -0.124. The van der Waals surface area contributed by atoms with Crippen molar-refractivity contribution >= 4 is 5.91 Å². The summed E-state index contributed by atoms with van der Waals surface area (Å²) in [7, 11) is 0. The second-order valence-electron chi connectivity index (χ2n) is 4.62. The lowest BCUT2D eigenvalue weighted by Crippen LogP contribution is -2.45. The van der Waals surface area contributed by atoms with Crippen LogP contribution in [-0.2, 0) is 0 Å². The van der Waals surface area contributed by atoms with Gasteiger partial charge in [-0.1, -0.05) is 12.8 Å². The monoisotopic (exact) mass is 234 g/mol. The van der Waals surface area contributed by atoms with E-state index in [-0.39, 0.29) is 11.9 Å². The van der Waals surface area contributed by atoms with Crippen LogP contribution in [0.1, 0.15) is 41.7 Å². The molecule has 0 spiro atoms. The average Bonchev–Trinajstić information content (AvgIpc) is 2.32. The smallest absolute Gasteiger partial charge is 0.251 e. The van der Waals surface area contributed by atoms with Gasteiger partial charge < -0.3 is 10.4 Å². The lowest BCUT2D eigenvalue weighted by molar-refractivity contribution is 0.0717. The summed E-state index contributed by atoms with van der Waals surface area (Å²) in [5, 5.41) is 12.7. The van der Waals surface area contributed by atoms with Crippen LogP contribution in [0.3, 0.4) is 0 Å². The number of aromatic nitrogens is 1. The van der Waals surface area contributed by atoms with Crippen LogP contribution in [0.5, 0.6) is 0 Å². The fourth-order valence-corrected chi connectivity index (χ4v) is 2.22. The van der Waals surface area contributed by atoms with Crippen molar-refractivity contribution in [2.75, 3.05) is 0 Å². The molecule has 2 rings (SSSR count). The fourth-order valence-electron chi connectivity index (χ4n) is 2.22. The van der Waals surface area contributed by atoms with E-state index in [0.717, 1.165) is 31.4 Å². The number of carbonyl (C=O) groups excluding carboxylic acids is 1. The molecule has 1 saturated carbocycles. The highest BCUT2D eigenvalue weighted by Crippen LogP contribution is 2.18. The molecule has 1 aromatic heterocycles. The van der Waals surface area contributed by atoms with Crippen LogP contribution in [0, 0.1) is 6.92 Å². The summed E-state index contributed by atoms with van der Waals surface area (Å²) in [5.41, 5.74) is 1.43. The van der Waals surface area contributed by atoms with E-state index < -0.39 is 6.10 Å². The number of aryl methyl sites for hydroxylation is 1. The predicted octanol–water partition coefficient (Wildman–Crippen LogP) is 1.42. The van der Waals surface area contributed by atoms with E-state index >= 15 is 0 Å². The molecule has 1 aliphatic carbocycles. The van der Waals surface area contributed by atoms with Gasteiger partial charge in [-0.2, -0.15) is 0 Å². The Morgan fingerprint density at radius 3 is 2.94 bits per heavy atom. The third-order valence-electron chi connectivity index (χ3n) is 3.20. The number of carbonyl (C=O) groups is 1. The Morgan fingerprint density at radius 1 is 1.47 bits per heavy atom. The maximum absolute atomic E-state index is 12.0. The zero-order valence-electron chi connectivity index (χ0n) is 10.0. The minimum absolute atomic E-state index is 0.107. The van der Waals surface area contributed by atoms with E-state index in [9.17, 15) is 9.90 Å². The second-order valence-corrected chi connectivity index (χ2v) is 4.62. The third kappa shape index (κ3) is 3.03. The number of pyridine rings is 1. The molecule has 0 unspecified atom stereocenters. The van der Waals surface area contributed by atoms with Gasteiger partial charge in [0.05, 0.1) is 12.1 Å². The predicted molar refractivity (Wildman–Crippen MR) is 64.7 cm³/mol. The maximum atomic E-state index is 12.0. The minimum atomic E-state index is -0.407. The summed E-state index contributed by atoms with van der Waals surface area (Å²) < 4.78 is 0. The van der Waals surface area contributed by atoms with Gasteiger partial charge in [-0.05, 0) is 31.9 Å². The van der Waals surface area contributed by atoms with Crippen LogP contribution >= 0.6 is 0 Å². The van der Waals surface area contributed by atoms with Gasteiger partial charge in [-0.3, -0.25) is 9.78 Å². The number of nitrogens with one attached hydrogen (secondary N) is 1. The molecule has 0 aliphatic heterocycles. The van der Waals surface area contributed by atoms with Crippen molar-refractivity contribution in [2.45, 2.75) is 44.8 Å². The van der Waals surface area contributed by atoms with Crippen molar-refractivity contribution in [1.29, 1.82) is 0 Å². The van der Waals surface area contributed by atoms with Gasteiger partial charge in [0.25, 0.3) is 5.91 Å². The molecule has 0 bridgehead atoms. The van der Waals surface area contributed by atoms with Crippen LogP contribution in [0.25, 0.3) is 0 Å². The third-order valence-corrected chi connectivity index (χ3v) is 3.20. The van der Waals surface area contributed by atoms with Crippen molar-refractivity contribution in [2.24, 2.45) is 0 Å². The normalized spacial score (nSPS) is 24.4. The van der Waals surface area contributed by atoms with E-state index in [4.69, 9.17) is 0 Å². The number of hydrogen-bond acceptors (Lipinski definition) is 3. The number of nitrogens with zero attached hydrogens (tertiary/aromatic N) is 1. The average molecular weight is 234 g/mol. The second kappa shape index (κ2) is 5.27. The van der Waals surface area contributed by atoms with Crippen LogP contribution in [-0.4, -0.2) is 28.1 Å². The molecule has 1 amide bonds. The number of amides is 1. The van der Waals surface area contributed by atoms with Gasteiger partial charge in [0.2, 0.25) is 0 Å². The quantitative estimate of drug-likeness (QED) is 0.813. The Bertz CT molecular complexity index is 406. The minimum Gasteiger partial charge on any atom is -0.391 e. The molecule has 17 heavy (non-hydrogen) atoms. The maximum Gasteiger partial charge on any atom is 0.251 e. The van der Waals surface area contributed by atoms with Gasteiger partial charge in [-0.15, -0.1) is 0 Å². The Hall–Kier alpha value is -1.42. The number of aliphatic hydroxyl groups excluding tert-OH is 1. The van der Waals surface area contributed by atoms with Gasteiger partial charge in [0.15, 0.2) is 0 Å².